The second-order valence-electron chi connectivity index (χ2n) is 7.71. The highest BCUT2D eigenvalue weighted by Gasteiger charge is 2.31. The van der Waals surface area contributed by atoms with E-state index in [0.717, 1.165) is 42.8 Å². The Morgan fingerprint density at radius 1 is 1.07 bits per heavy atom. The molecule has 0 bridgehead atoms. The van der Waals surface area contributed by atoms with Gasteiger partial charge in [-0.3, -0.25) is 14.6 Å². The molecule has 0 unspecified atom stereocenters. The van der Waals surface area contributed by atoms with Gasteiger partial charge < -0.3 is 9.80 Å². The van der Waals surface area contributed by atoms with E-state index in [4.69, 9.17) is 4.99 Å². The summed E-state index contributed by atoms with van der Waals surface area (Å²) in [4.78, 5) is 34.7. The Morgan fingerprint density at radius 3 is 2.62 bits per heavy atom. The summed E-state index contributed by atoms with van der Waals surface area (Å²) >= 11 is 0. The first kappa shape index (κ1) is 19.4. The molecule has 0 spiro atoms. The van der Waals surface area contributed by atoms with Crippen molar-refractivity contribution in [2.75, 3.05) is 18.0 Å². The molecule has 1 atom stereocenters. The maximum Gasteiger partial charge on any atom is 0.242 e. The third-order valence-corrected chi connectivity index (χ3v) is 5.87. The number of rotatable bonds is 4. The van der Waals surface area contributed by atoms with Crippen molar-refractivity contribution in [1.82, 2.24) is 4.90 Å². The molecule has 0 radical (unpaired) electrons. The van der Waals surface area contributed by atoms with Crippen molar-refractivity contribution in [1.29, 1.82) is 0 Å². The van der Waals surface area contributed by atoms with Crippen LogP contribution in [0, 0.1) is 0 Å². The van der Waals surface area contributed by atoms with E-state index in [-0.39, 0.29) is 30.8 Å². The fourth-order valence-electron chi connectivity index (χ4n) is 4.29. The van der Waals surface area contributed by atoms with Gasteiger partial charge in [0.2, 0.25) is 11.8 Å². The lowest BCUT2D eigenvalue weighted by atomic mass is 10.00. The molecule has 1 saturated heterocycles. The number of carbonyl (C=O) groups is 2. The number of benzene rings is 2. The average Bonchev–Trinajstić information content (AvgIpc) is 2.91. The number of hydrogen-bond donors (Lipinski definition) is 0. The number of aliphatic imine (C=N–C) groups is 1. The summed E-state index contributed by atoms with van der Waals surface area (Å²) < 4.78 is 0. The van der Waals surface area contributed by atoms with Crippen molar-refractivity contribution in [3.63, 3.8) is 0 Å². The lowest BCUT2D eigenvalue weighted by Crippen LogP contribution is -2.49. The molecule has 29 heavy (non-hydrogen) atoms. The van der Waals surface area contributed by atoms with E-state index in [1.165, 1.54) is 6.42 Å². The molecule has 2 amide bonds. The Hall–Kier alpha value is -2.95. The first-order chi connectivity index (χ1) is 14.2. The fraction of sp³-hybridized carbons (Fsp3) is 0.375. The van der Waals surface area contributed by atoms with E-state index in [1.807, 2.05) is 59.5 Å². The van der Waals surface area contributed by atoms with E-state index >= 15 is 0 Å². The first-order valence-electron chi connectivity index (χ1n) is 10.5. The zero-order valence-corrected chi connectivity index (χ0v) is 16.9. The highest BCUT2D eigenvalue weighted by atomic mass is 16.2. The van der Waals surface area contributed by atoms with Crippen LogP contribution in [0.4, 0.5) is 11.4 Å². The van der Waals surface area contributed by atoms with E-state index in [0.29, 0.717) is 5.69 Å². The third-order valence-electron chi connectivity index (χ3n) is 5.87. The summed E-state index contributed by atoms with van der Waals surface area (Å²) in [5.74, 6) is -0.0566. The molecular weight excluding hydrogens is 362 g/mol. The Morgan fingerprint density at radius 2 is 1.83 bits per heavy atom. The molecule has 2 aliphatic rings. The van der Waals surface area contributed by atoms with Crippen molar-refractivity contribution in [3.05, 3.63) is 60.2 Å². The number of anilines is 1. The van der Waals surface area contributed by atoms with Crippen LogP contribution in [0.5, 0.6) is 0 Å². The molecule has 2 aromatic rings. The second-order valence-corrected chi connectivity index (χ2v) is 7.71. The SMILES string of the molecule is CC[C@@H]1CCCCN1C(=O)CN1C(=O)CC(c2ccccc2)=Nc2ccccc21. The molecule has 1 fully saturated rings. The van der Waals surface area contributed by atoms with Gasteiger partial charge in [0.25, 0.3) is 0 Å². The molecular formula is C24H27N3O2. The van der Waals surface area contributed by atoms with Crippen LogP contribution in [0.1, 0.15) is 44.6 Å². The van der Waals surface area contributed by atoms with Crippen molar-refractivity contribution < 1.29 is 9.59 Å². The standard InChI is InChI=1S/C24H27N3O2/c1-2-19-12-8-9-15-26(19)24(29)17-27-22-14-7-6-13-20(22)25-21(16-23(27)28)18-10-4-3-5-11-18/h3-7,10-11,13-14,19H,2,8-9,12,15-17H2,1H3/t19-/m1/s1. The third kappa shape index (κ3) is 4.09. The highest BCUT2D eigenvalue weighted by Crippen LogP contribution is 2.33. The molecule has 5 heteroatoms. The van der Waals surface area contributed by atoms with Crippen molar-refractivity contribution >= 4 is 28.9 Å². The highest BCUT2D eigenvalue weighted by molar-refractivity contribution is 6.18. The van der Waals surface area contributed by atoms with E-state index < -0.39 is 0 Å². The Balaban J connectivity index is 1.63. The van der Waals surface area contributed by atoms with Gasteiger partial charge in [0.05, 0.1) is 23.5 Å². The van der Waals surface area contributed by atoms with Crippen LogP contribution in [-0.4, -0.2) is 41.6 Å². The minimum absolute atomic E-state index is 0.0304. The minimum Gasteiger partial charge on any atom is -0.338 e. The molecule has 0 aromatic heterocycles. The number of hydrogen-bond acceptors (Lipinski definition) is 3. The quantitative estimate of drug-likeness (QED) is 0.781. The van der Waals surface area contributed by atoms with Gasteiger partial charge in [0, 0.05) is 12.6 Å². The summed E-state index contributed by atoms with van der Waals surface area (Å²) in [6, 6.07) is 17.7. The predicted octanol–water partition coefficient (Wildman–Crippen LogP) is 4.34. The summed E-state index contributed by atoms with van der Waals surface area (Å²) in [7, 11) is 0. The molecule has 2 heterocycles. The second kappa shape index (κ2) is 8.60. The molecule has 150 valence electrons. The monoisotopic (exact) mass is 389 g/mol. The number of nitrogens with zero attached hydrogens (tertiary/aromatic N) is 3. The molecule has 2 aromatic carbocycles. The molecule has 0 N–H and O–H groups in total. The lowest BCUT2D eigenvalue weighted by molar-refractivity contribution is -0.134. The molecule has 0 aliphatic carbocycles. The summed E-state index contributed by atoms with van der Waals surface area (Å²) in [6.07, 6.45) is 4.39. The van der Waals surface area contributed by atoms with Crippen LogP contribution in [-0.2, 0) is 9.59 Å². The summed E-state index contributed by atoms with van der Waals surface area (Å²) in [5, 5.41) is 0. The summed E-state index contributed by atoms with van der Waals surface area (Å²) in [5.41, 5.74) is 3.12. The zero-order chi connectivity index (χ0) is 20.2. The van der Waals surface area contributed by atoms with E-state index in [2.05, 4.69) is 6.92 Å². The number of piperidine rings is 1. The molecule has 0 saturated carbocycles. The summed E-state index contributed by atoms with van der Waals surface area (Å²) in [6.45, 7) is 2.99. The van der Waals surface area contributed by atoms with Crippen LogP contribution >= 0.6 is 0 Å². The van der Waals surface area contributed by atoms with Crippen LogP contribution in [0.2, 0.25) is 0 Å². The van der Waals surface area contributed by atoms with Gasteiger partial charge in [-0.25, -0.2) is 0 Å². The largest absolute Gasteiger partial charge is 0.338 e. The van der Waals surface area contributed by atoms with Gasteiger partial charge in [0.15, 0.2) is 0 Å². The van der Waals surface area contributed by atoms with Gasteiger partial charge >= 0.3 is 0 Å². The van der Waals surface area contributed by atoms with Gasteiger partial charge in [0.1, 0.15) is 6.54 Å². The number of amides is 2. The Labute approximate surface area is 172 Å². The topological polar surface area (TPSA) is 53.0 Å². The average molecular weight is 389 g/mol. The number of likely N-dealkylation sites (tertiary alicyclic amines) is 1. The van der Waals surface area contributed by atoms with Gasteiger partial charge in [-0.15, -0.1) is 0 Å². The van der Waals surface area contributed by atoms with Gasteiger partial charge in [-0.1, -0.05) is 49.4 Å². The maximum absolute atomic E-state index is 13.2. The minimum atomic E-state index is -0.0871. The zero-order valence-electron chi connectivity index (χ0n) is 16.9. The van der Waals surface area contributed by atoms with Gasteiger partial charge in [-0.05, 0) is 43.4 Å². The fourth-order valence-corrected chi connectivity index (χ4v) is 4.29. The number of para-hydroxylation sites is 2. The van der Waals surface area contributed by atoms with Crippen LogP contribution in [0.25, 0.3) is 0 Å². The van der Waals surface area contributed by atoms with Crippen molar-refractivity contribution in [3.8, 4) is 0 Å². The van der Waals surface area contributed by atoms with Gasteiger partial charge in [-0.2, -0.15) is 0 Å². The number of fused-ring (bicyclic) bond motifs is 1. The lowest BCUT2D eigenvalue weighted by Gasteiger charge is -2.36. The maximum atomic E-state index is 13.2. The van der Waals surface area contributed by atoms with Crippen LogP contribution in [0.3, 0.4) is 0 Å². The smallest absolute Gasteiger partial charge is 0.242 e. The Bertz CT molecular complexity index is 923. The van der Waals surface area contributed by atoms with E-state index in [1.54, 1.807) is 4.90 Å². The Kier molecular flexibility index (Phi) is 5.74. The predicted molar refractivity (Wildman–Crippen MR) is 116 cm³/mol. The molecule has 4 rings (SSSR count). The molecule has 2 aliphatic heterocycles. The van der Waals surface area contributed by atoms with Crippen LogP contribution < -0.4 is 4.90 Å². The number of carbonyl (C=O) groups excluding carboxylic acids is 2. The first-order valence-corrected chi connectivity index (χ1v) is 10.5. The molecule has 5 nitrogen and oxygen atoms in total. The van der Waals surface area contributed by atoms with E-state index in [9.17, 15) is 9.59 Å². The normalized spacial score (nSPS) is 19.4. The van der Waals surface area contributed by atoms with Crippen molar-refractivity contribution in [2.24, 2.45) is 4.99 Å². The van der Waals surface area contributed by atoms with Crippen molar-refractivity contribution in [2.45, 2.75) is 45.1 Å². The van der Waals surface area contributed by atoms with Crippen LogP contribution in [0.15, 0.2) is 59.6 Å².